The summed E-state index contributed by atoms with van der Waals surface area (Å²) in [6.07, 6.45) is 0.678. The number of rotatable bonds is 8. The first kappa shape index (κ1) is 23.6. The number of aromatic nitrogens is 1. The number of thiazole rings is 1. The Balaban J connectivity index is 0.00000364. The van der Waals surface area contributed by atoms with Crippen molar-refractivity contribution < 1.29 is 9.13 Å². The van der Waals surface area contributed by atoms with Crippen LogP contribution in [-0.2, 0) is 6.42 Å². The second-order valence-electron chi connectivity index (χ2n) is 6.00. The van der Waals surface area contributed by atoms with Crippen molar-refractivity contribution >= 4 is 41.3 Å². The monoisotopic (exact) mass is 506 g/mol. The molecule has 5 nitrogen and oxygen atoms in total. The Kier molecular flexibility index (Phi) is 10.6. The lowest BCUT2D eigenvalue weighted by atomic mass is 10.3. The van der Waals surface area contributed by atoms with E-state index in [9.17, 15) is 4.39 Å². The van der Waals surface area contributed by atoms with Crippen molar-refractivity contribution in [2.45, 2.75) is 40.2 Å². The number of para-hydroxylation sites is 1. The highest BCUT2D eigenvalue weighted by Crippen LogP contribution is 2.18. The van der Waals surface area contributed by atoms with Crippen LogP contribution in [0.1, 0.15) is 29.4 Å². The van der Waals surface area contributed by atoms with Gasteiger partial charge in [0.25, 0.3) is 0 Å². The van der Waals surface area contributed by atoms with Crippen LogP contribution in [0.5, 0.6) is 5.75 Å². The van der Waals surface area contributed by atoms with Crippen molar-refractivity contribution in [2.75, 3.05) is 19.6 Å². The van der Waals surface area contributed by atoms with Gasteiger partial charge in [-0.1, -0.05) is 12.1 Å². The maximum Gasteiger partial charge on any atom is 0.191 e. The molecule has 1 aromatic heterocycles. The molecule has 0 spiro atoms. The molecule has 1 heterocycles. The van der Waals surface area contributed by atoms with Crippen LogP contribution >= 0.6 is 35.3 Å². The fraction of sp³-hybridized carbons (Fsp3) is 0.474. The van der Waals surface area contributed by atoms with Crippen LogP contribution in [0.2, 0.25) is 0 Å². The van der Waals surface area contributed by atoms with Crippen molar-refractivity contribution in [2.24, 2.45) is 4.99 Å². The van der Waals surface area contributed by atoms with E-state index in [1.807, 2.05) is 27.7 Å². The number of aryl methyl sites for hydroxylation is 2. The maximum absolute atomic E-state index is 13.6. The largest absolute Gasteiger partial charge is 0.486 e. The Labute approximate surface area is 181 Å². The molecule has 0 saturated heterocycles. The summed E-state index contributed by atoms with van der Waals surface area (Å²) in [7, 11) is 0. The Morgan fingerprint density at radius 2 is 2.04 bits per heavy atom. The van der Waals surface area contributed by atoms with Gasteiger partial charge >= 0.3 is 0 Å². The Morgan fingerprint density at radius 1 is 1.30 bits per heavy atom. The van der Waals surface area contributed by atoms with Crippen LogP contribution in [0.25, 0.3) is 0 Å². The smallest absolute Gasteiger partial charge is 0.191 e. The Hall–Kier alpha value is -1.42. The lowest BCUT2D eigenvalue weighted by Crippen LogP contribution is -2.39. The first-order valence-electron chi connectivity index (χ1n) is 8.85. The number of nitrogens with zero attached hydrogens (tertiary/aromatic N) is 2. The van der Waals surface area contributed by atoms with Gasteiger partial charge in [-0.2, -0.15) is 0 Å². The van der Waals surface area contributed by atoms with Crippen LogP contribution in [0.3, 0.4) is 0 Å². The molecule has 0 fully saturated rings. The molecule has 8 heteroatoms. The van der Waals surface area contributed by atoms with E-state index in [0.717, 1.165) is 36.2 Å². The van der Waals surface area contributed by atoms with E-state index < -0.39 is 0 Å². The summed E-state index contributed by atoms with van der Waals surface area (Å²) in [5.74, 6) is 0.628. The highest BCUT2D eigenvalue weighted by molar-refractivity contribution is 14.0. The highest BCUT2D eigenvalue weighted by Gasteiger charge is 2.09. The zero-order chi connectivity index (χ0) is 18.9. The normalized spacial score (nSPS) is 12.3. The molecule has 0 radical (unpaired) electrons. The molecule has 1 aromatic carbocycles. The molecule has 0 saturated carbocycles. The predicted octanol–water partition coefficient (Wildman–Crippen LogP) is 4.08. The first-order valence-corrected chi connectivity index (χ1v) is 9.67. The summed E-state index contributed by atoms with van der Waals surface area (Å²) in [5.41, 5.74) is 1.10. The van der Waals surface area contributed by atoms with Gasteiger partial charge in [-0.3, -0.25) is 0 Å². The molecular weight excluding hydrogens is 478 g/mol. The second kappa shape index (κ2) is 12.1. The van der Waals surface area contributed by atoms with E-state index in [1.54, 1.807) is 29.5 Å². The van der Waals surface area contributed by atoms with Crippen LogP contribution in [-0.4, -0.2) is 36.7 Å². The number of halogens is 2. The number of hydrogen-bond donors (Lipinski definition) is 2. The fourth-order valence-corrected chi connectivity index (χ4v) is 3.39. The molecular formula is C19H28FIN4OS. The Bertz CT molecular complexity index is 738. The maximum atomic E-state index is 13.6. The van der Waals surface area contributed by atoms with Crippen LogP contribution in [0.15, 0.2) is 29.3 Å². The van der Waals surface area contributed by atoms with Crippen LogP contribution in [0.4, 0.5) is 4.39 Å². The van der Waals surface area contributed by atoms with Crippen LogP contribution < -0.4 is 15.4 Å². The average Bonchev–Trinajstić information content (AvgIpc) is 2.92. The zero-order valence-electron chi connectivity index (χ0n) is 16.2. The van der Waals surface area contributed by atoms with E-state index in [2.05, 4.69) is 20.6 Å². The molecule has 1 atom stereocenters. The number of benzene rings is 1. The molecule has 0 aliphatic heterocycles. The SMILES string of the molecule is CCNC(=NCC(C)Oc1ccccc1F)NCCc1sc(C)nc1C.I. The molecule has 2 aromatic rings. The number of aliphatic imine (C=N–C) groups is 1. The quantitative estimate of drug-likeness (QED) is 0.322. The summed E-state index contributed by atoms with van der Waals surface area (Å²) < 4.78 is 19.3. The summed E-state index contributed by atoms with van der Waals surface area (Å²) in [6, 6.07) is 6.41. The molecule has 0 bridgehead atoms. The van der Waals surface area contributed by atoms with Crippen molar-refractivity contribution in [3.63, 3.8) is 0 Å². The van der Waals surface area contributed by atoms with E-state index in [4.69, 9.17) is 4.74 Å². The zero-order valence-corrected chi connectivity index (χ0v) is 19.4. The topological polar surface area (TPSA) is 58.5 Å². The van der Waals surface area contributed by atoms with Gasteiger partial charge in [0.1, 0.15) is 6.10 Å². The van der Waals surface area contributed by atoms with Gasteiger partial charge in [0, 0.05) is 24.4 Å². The predicted molar refractivity (Wildman–Crippen MR) is 121 cm³/mol. The van der Waals surface area contributed by atoms with Gasteiger partial charge in [-0.05, 0) is 39.8 Å². The minimum absolute atomic E-state index is 0. The first-order chi connectivity index (χ1) is 12.5. The highest BCUT2D eigenvalue weighted by atomic mass is 127. The summed E-state index contributed by atoms with van der Waals surface area (Å²) >= 11 is 1.73. The second-order valence-corrected chi connectivity index (χ2v) is 7.28. The third kappa shape index (κ3) is 8.00. The van der Waals surface area contributed by atoms with Crippen molar-refractivity contribution in [3.8, 4) is 5.75 Å². The molecule has 0 amide bonds. The average molecular weight is 506 g/mol. The molecule has 27 heavy (non-hydrogen) atoms. The standard InChI is InChI=1S/C19H27FN4OS.HI/c1-5-21-19(22-11-10-18-14(3)24-15(4)26-18)23-12-13(2)25-17-9-7-6-8-16(17)20;/h6-9,13H,5,10-12H2,1-4H3,(H2,21,22,23);1H. The van der Waals surface area contributed by atoms with Gasteiger partial charge in [-0.15, -0.1) is 35.3 Å². The number of ether oxygens (including phenoxy) is 1. The van der Waals surface area contributed by atoms with Crippen molar-refractivity contribution in [1.29, 1.82) is 0 Å². The number of nitrogens with one attached hydrogen (secondary N) is 2. The molecule has 0 aliphatic carbocycles. The summed E-state index contributed by atoms with van der Waals surface area (Å²) in [5, 5.41) is 7.64. The summed E-state index contributed by atoms with van der Waals surface area (Å²) in [6.45, 7) is 9.94. The van der Waals surface area contributed by atoms with Gasteiger partial charge in [-0.25, -0.2) is 14.4 Å². The molecule has 1 unspecified atom stereocenters. The van der Waals surface area contributed by atoms with Gasteiger partial charge in [0.2, 0.25) is 0 Å². The Morgan fingerprint density at radius 3 is 2.67 bits per heavy atom. The van der Waals surface area contributed by atoms with E-state index >= 15 is 0 Å². The molecule has 0 aliphatic rings. The third-order valence-electron chi connectivity index (χ3n) is 3.66. The lowest BCUT2D eigenvalue weighted by molar-refractivity contribution is 0.220. The van der Waals surface area contributed by atoms with E-state index in [0.29, 0.717) is 6.54 Å². The van der Waals surface area contributed by atoms with Crippen LogP contribution in [0, 0.1) is 19.7 Å². The van der Waals surface area contributed by atoms with E-state index in [-0.39, 0.29) is 41.6 Å². The number of hydrogen-bond acceptors (Lipinski definition) is 4. The molecule has 2 rings (SSSR count). The summed E-state index contributed by atoms with van der Waals surface area (Å²) in [4.78, 5) is 10.3. The van der Waals surface area contributed by atoms with Gasteiger partial charge in [0.05, 0.1) is 17.2 Å². The van der Waals surface area contributed by atoms with Crippen molar-refractivity contribution in [3.05, 3.63) is 45.7 Å². The fourth-order valence-electron chi connectivity index (χ4n) is 2.46. The third-order valence-corrected chi connectivity index (χ3v) is 4.79. The molecule has 150 valence electrons. The minimum atomic E-state index is -0.358. The van der Waals surface area contributed by atoms with Crippen molar-refractivity contribution in [1.82, 2.24) is 15.6 Å². The minimum Gasteiger partial charge on any atom is -0.486 e. The van der Waals surface area contributed by atoms with Gasteiger partial charge < -0.3 is 15.4 Å². The number of guanidine groups is 1. The molecule has 2 N–H and O–H groups in total. The lowest BCUT2D eigenvalue weighted by Gasteiger charge is -2.15. The van der Waals surface area contributed by atoms with E-state index in [1.165, 1.54) is 10.9 Å². The van der Waals surface area contributed by atoms with Gasteiger partial charge in [0.15, 0.2) is 17.5 Å².